The molecule has 0 atom stereocenters. The third-order valence-electron chi connectivity index (χ3n) is 2.89. The van der Waals surface area contributed by atoms with Gasteiger partial charge in [0.05, 0.1) is 12.8 Å². The van der Waals surface area contributed by atoms with E-state index < -0.39 is 5.97 Å². The lowest BCUT2D eigenvalue weighted by atomic mass is 10.1. The Morgan fingerprint density at radius 3 is 2.47 bits per heavy atom. The predicted molar refractivity (Wildman–Crippen MR) is 72.7 cm³/mol. The van der Waals surface area contributed by atoms with Crippen molar-refractivity contribution in [3.8, 4) is 11.4 Å². The van der Waals surface area contributed by atoms with Gasteiger partial charge in [0.2, 0.25) is 0 Å². The Kier molecular flexibility index (Phi) is 3.46. The predicted octanol–water partition coefficient (Wildman–Crippen LogP) is 2.13. The number of nitrogens with zero attached hydrogens (tertiary/aromatic N) is 2. The lowest BCUT2D eigenvalue weighted by Crippen LogP contribution is -2.12. The third kappa shape index (κ3) is 2.40. The fraction of sp³-hybridized carbons (Fsp3) is 0.214. The number of aromatic nitrogens is 2. The van der Waals surface area contributed by atoms with Gasteiger partial charge in [0, 0.05) is 5.56 Å². The standard InChI is InChI=1S/C14H15N3O2/c1-8-6-4-5-7-10(8)13-16-9(2)11(12(15)17-13)14(18)19-3/h4-7H,1-3H3,(H2,15,16,17). The molecule has 0 saturated heterocycles. The minimum Gasteiger partial charge on any atom is -0.465 e. The Morgan fingerprint density at radius 2 is 1.89 bits per heavy atom. The van der Waals surface area contributed by atoms with Crippen molar-refractivity contribution in [3.05, 3.63) is 41.1 Å². The number of aryl methyl sites for hydroxylation is 2. The molecule has 5 nitrogen and oxygen atoms in total. The number of methoxy groups -OCH3 is 1. The maximum absolute atomic E-state index is 11.6. The van der Waals surface area contributed by atoms with Gasteiger partial charge in [0.25, 0.3) is 0 Å². The molecule has 0 unspecified atom stereocenters. The Morgan fingerprint density at radius 1 is 1.21 bits per heavy atom. The second-order valence-corrected chi connectivity index (χ2v) is 4.20. The van der Waals surface area contributed by atoms with E-state index in [1.807, 2.05) is 31.2 Å². The van der Waals surface area contributed by atoms with E-state index in [-0.39, 0.29) is 11.4 Å². The summed E-state index contributed by atoms with van der Waals surface area (Å²) in [6.07, 6.45) is 0. The van der Waals surface area contributed by atoms with E-state index in [1.165, 1.54) is 7.11 Å². The molecule has 0 fully saturated rings. The van der Waals surface area contributed by atoms with E-state index in [2.05, 4.69) is 14.7 Å². The Balaban J connectivity index is 2.58. The first-order chi connectivity index (χ1) is 9.04. The number of carbonyl (C=O) groups excluding carboxylic acids is 1. The maximum Gasteiger partial charge on any atom is 0.343 e. The molecule has 0 spiro atoms. The van der Waals surface area contributed by atoms with E-state index in [0.29, 0.717) is 11.5 Å². The van der Waals surface area contributed by atoms with Gasteiger partial charge in [-0.05, 0) is 19.4 Å². The fourth-order valence-corrected chi connectivity index (χ4v) is 1.89. The van der Waals surface area contributed by atoms with Crippen molar-refractivity contribution in [2.45, 2.75) is 13.8 Å². The van der Waals surface area contributed by atoms with Crippen LogP contribution in [0.25, 0.3) is 11.4 Å². The first-order valence-corrected chi connectivity index (χ1v) is 5.83. The van der Waals surface area contributed by atoms with Crippen LogP contribution in [0.2, 0.25) is 0 Å². The van der Waals surface area contributed by atoms with Crippen LogP contribution in [0.15, 0.2) is 24.3 Å². The highest BCUT2D eigenvalue weighted by Gasteiger charge is 2.18. The van der Waals surface area contributed by atoms with Gasteiger partial charge in [-0.25, -0.2) is 14.8 Å². The van der Waals surface area contributed by atoms with Crippen molar-refractivity contribution < 1.29 is 9.53 Å². The van der Waals surface area contributed by atoms with Crippen molar-refractivity contribution in [1.82, 2.24) is 9.97 Å². The second-order valence-electron chi connectivity index (χ2n) is 4.20. The maximum atomic E-state index is 11.6. The highest BCUT2D eigenvalue weighted by Crippen LogP contribution is 2.23. The van der Waals surface area contributed by atoms with Crippen LogP contribution in [0, 0.1) is 13.8 Å². The molecule has 19 heavy (non-hydrogen) atoms. The number of rotatable bonds is 2. The highest BCUT2D eigenvalue weighted by atomic mass is 16.5. The van der Waals surface area contributed by atoms with Crippen LogP contribution in [0.3, 0.4) is 0 Å². The minimum absolute atomic E-state index is 0.137. The first-order valence-electron chi connectivity index (χ1n) is 5.83. The van der Waals surface area contributed by atoms with Crippen molar-refractivity contribution in [3.63, 3.8) is 0 Å². The van der Waals surface area contributed by atoms with Gasteiger partial charge in [-0.15, -0.1) is 0 Å². The number of ether oxygens (including phenoxy) is 1. The van der Waals surface area contributed by atoms with E-state index in [4.69, 9.17) is 5.73 Å². The summed E-state index contributed by atoms with van der Waals surface area (Å²) in [4.78, 5) is 20.1. The summed E-state index contributed by atoms with van der Waals surface area (Å²) >= 11 is 0. The van der Waals surface area contributed by atoms with Gasteiger partial charge in [0.15, 0.2) is 5.82 Å². The number of carbonyl (C=O) groups is 1. The summed E-state index contributed by atoms with van der Waals surface area (Å²) in [5.74, 6) is 0.129. The molecule has 2 N–H and O–H groups in total. The number of anilines is 1. The molecule has 5 heteroatoms. The average molecular weight is 257 g/mol. The Hall–Kier alpha value is -2.43. The van der Waals surface area contributed by atoms with E-state index in [1.54, 1.807) is 6.92 Å². The topological polar surface area (TPSA) is 78.1 Å². The average Bonchev–Trinajstić information content (AvgIpc) is 2.38. The summed E-state index contributed by atoms with van der Waals surface area (Å²) in [5, 5.41) is 0. The lowest BCUT2D eigenvalue weighted by molar-refractivity contribution is 0.0600. The van der Waals surface area contributed by atoms with Crippen molar-refractivity contribution in [1.29, 1.82) is 0 Å². The molecule has 1 aromatic heterocycles. The fourth-order valence-electron chi connectivity index (χ4n) is 1.89. The summed E-state index contributed by atoms with van der Waals surface area (Å²) in [6.45, 7) is 3.69. The Bertz CT molecular complexity index is 615. The highest BCUT2D eigenvalue weighted by molar-refractivity contribution is 5.95. The zero-order chi connectivity index (χ0) is 14.0. The zero-order valence-corrected chi connectivity index (χ0v) is 11.1. The van der Waals surface area contributed by atoms with E-state index >= 15 is 0 Å². The molecule has 2 rings (SSSR count). The molecular formula is C14H15N3O2. The van der Waals surface area contributed by atoms with Crippen LogP contribution < -0.4 is 5.73 Å². The summed E-state index contributed by atoms with van der Waals surface area (Å²) in [7, 11) is 1.30. The number of nitrogens with two attached hydrogens (primary N) is 1. The van der Waals surface area contributed by atoms with E-state index in [0.717, 1.165) is 11.1 Å². The third-order valence-corrected chi connectivity index (χ3v) is 2.89. The normalized spacial score (nSPS) is 10.3. The molecule has 0 amide bonds. The minimum atomic E-state index is -0.522. The first kappa shape index (κ1) is 13.0. The lowest BCUT2D eigenvalue weighted by Gasteiger charge is -2.10. The molecule has 0 saturated carbocycles. The smallest absolute Gasteiger partial charge is 0.343 e. The summed E-state index contributed by atoms with van der Waals surface area (Å²) in [5.41, 5.74) is 8.51. The second kappa shape index (κ2) is 5.06. The van der Waals surface area contributed by atoms with E-state index in [9.17, 15) is 4.79 Å². The van der Waals surface area contributed by atoms with Gasteiger partial charge in [0.1, 0.15) is 11.4 Å². The van der Waals surface area contributed by atoms with Gasteiger partial charge >= 0.3 is 5.97 Å². The van der Waals surface area contributed by atoms with Crippen LogP contribution in [0.5, 0.6) is 0 Å². The molecule has 0 aliphatic heterocycles. The molecule has 0 aliphatic rings. The number of nitrogen functional groups attached to an aromatic ring is 1. The monoisotopic (exact) mass is 257 g/mol. The molecule has 2 aromatic rings. The SMILES string of the molecule is COC(=O)c1c(C)nc(-c2ccccc2C)nc1N. The van der Waals surface area contributed by atoms with Crippen LogP contribution >= 0.6 is 0 Å². The summed E-state index contributed by atoms with van der Waals surface area (Å²) < 4.78 is 4.67. The number of hydrogen-bond donors (Lipinski definition) is 1. The van der Waals surface area contributed by atoms with Gasteiger partial charge < -0.3 is 10.5 Å². The Labute approximate surface area is 111 Å². The molecular weight excluding hydrogens is 242 g/mol. The molecule has 1 aromatic carbocycles. The molecule has 0 bridgehead atoms. The molecule has 0 radical (unpaired) electrons. The van der Waals surface area contributed by atoms with Gasteiger partial charge in [-0.1, -0.05) is 24.3 Å². The zero-order valence-electron chi connectivity index (χ0n) is 11.1. The van der Waals surface area contributed by atoms with Crippen LogP contribution in [0.4, 0.5) is 5.82 Å². The quantitative estimate of drug-likeness (QED) is 0.834. The number of hydrogen-bond acceptors (Lipinski definition) is 5. The largest absolute Gasteiger partial charge is 0.465 e. The van der Waals surface area contributed by atoms with Crippen molar-refractivity contribution >= 4 is 11.8 Å². The van der Waals surface area contributed by atoms with Crippen LogP contribution in [-0.2, 0) is 4.74 Å². The number of esters is 1. The summed E-state index contributed by atoms with van der Waals surface area (Å²) in [6, 6.07) is 7.74. The van der Waals surface area contributed by atoms with Crippen LogP contribution in [-0.4, -0.2) is 23.0 Å². The molecule has 1 heterocycles. The molecule has 98 valence electrons. The van der Waals surface area contributed by atoms with Crippen molar-refractivity contribution in [2.24, 2.45) is 0 Å². The van der Waals surface area contributed by atoms with Crippen molar-refractivity contribution in [2.75, 3.05) is 12.8 Å². The van der Waals surface area contributed by atoms with Crippen LogP contribution in [0.1, 0.15) is 21.6 Å². The van der Waals surface area contributed by atoms with Gasteiger partial charge in [-0.2, -0.15) is 0 Å². The molecule has 0 aliphatic carbocycles. The van der Waals surface area contributed by atoms with Gasteiger partial charge in [-0.3, -0.25) is 0 Å². The number of benzene rings is 1.